The molecule has 0 radical (unpaired) electrons. The van der Waals surface area contributed by atoms with Crippen LogP contribution >= 0.6 is 0 Å². The van der Waals surface area contributed by atoms with Gasteiger partial charge in [-0.2, -0.15) is 0 Å². The lowest BCUT2D eigenvalue weighted by molar-refractivity contribution is 0.179. The van der Waals surface area contributed by atoms with Crippen LogP contribution in [0.2, 0.25) is 0 Å². The van der Waals surface area contributed by atoms with E-state index >= 15 is 0 Å². The second kappa shape index (κ2) is 7.50. The molecule has 0 saturated heterocycles. The van der Waals surface area contributed by atoms with E-state index in [-0.39, 0.29) is 6.04 Å². The fourth-order valence-electron chi connectivity index (χ4n) is 1.43. The molecule has 100 valence electrons. The molecule has 3 N–H and O–H groups in total. The van der Waals surface area contributed by atoms with E-state index in [1.165, 1.54) is 0 Å². The number of guanidine groups is 1. The van der Waals surface area contributed by atoms with E-state index in [2.05, 4.69) is 15.3 Å². The molecule has 0 fully saturated rings. The highest BCUT2D eigenvalue weighted by Crippen LogP contribution is 2.09. The Labute approximate surface area is 107 Å². The fourth-order valence-corrected chi connectivity index (χ4v) is 1.43. The molecule has 6 nitrogen and oxygen atoms in total. The van der Waals surface area contributed by atoms with Crippen LogP contribution in [0.25, 0.3) is 0 Å². The summed E-state index contributed by atoms with van der Waals surface area (Å²) < 4.78 is 10.0. The van der Waals surface area contributed by atoms with Gasteiger partial charge in [-0.1, -0.05) is 0 Å². The van der Waals surface area contributed by atoms with Gasteiger partial charge < -0.3 is 20.5 Å². The summed E-state index contributed by atoms with van der Waals surface area (Å²) in [6, 6.07) is 3.83. The zero-order valence-electron chi connectivity index (χ0n) is 11.0. The molecule has 6 heteroatoms. The van der Waals surface area contributed by atoms with Crippen LogP contribution in [0.3, 0.4) is 0 Å². The average Bonchev–Trinajstić information content (AvgIpc) is 2.37. The van der Waals surface area contributed by atoms with Crippen molar-refractivity contribution in [3.8, 4) is 5.88 Å². The van der Waals surface area contributed by atoms with Gasteiger partial charge in [-0.15, -0.1) is 0 Å². The van der Waals surface area contributed by atoms with Gasteiger partial charge in [-0.05, 0) is 18.6 Å². The number of ether oxygens (including phenoxy) is 2. The van der Waals surface area contributed by atoms with E-state index in [0.29, 0.717) is 25.0 Å². The molecule has 0 aliphatic heterocycles. The van der Waals surface area contributed by atoms with E-state index in [4.69, 9.17) is 15.2 Å². The molecule has 1 atom stereocenters. The average molecular weight is 252 g/mol. The summed E-state index contributed by atoms with van der Waals surface area (Å²) in [5, 5.41) is 3.04. The monoisotopic (exact) mass is 252 g/mol. The van der Waals surface area contributed by atoms with Crippen molar-refractivity contribution in [3.05, 3.63) is 23.9 Å². The Morgan fingerprint density at radius 3 is 3.00 bits per heavy atom. The Morgan fingerprint density at radius 2 is 2.33 bits per heavy atom. The first-order valence-corrected chi connectivity index (χ1v) is 5.70. The number of hydrogen-bond donors (Lipinski definition) is 2. The van der Waals surface area contributed by atoms with E-state index < -0.39 is 0 Å². The molecule has 1 unspecified atom stereocenters. The van der Waals surface area contributed by atoms with Crippen molar-refractivity contribution >= 4 is 5.96 Å². The maximum Gasteiger partial charge on any atom is 0.213 e. The maximum atomic E-state index is 5.76. The van der Waals surface area contributed by atoms with Gasteiger partial charge in [-0.25, -0.2) is 9.98 Å². The smallest absolute Gasteiger partial charge is 0.213 e. The normalized spacial score (nSPS) is 13.2. The largest absolute Gasteiger partial charge is 0.481 e. The number of aromatic nitrogens is 1. The number of nitrogens with zero attached hydrogens (tertiary/aromatic N) is 2. The van der Waals surface area contributed by atoms with Crippen LogP contribution in [0.5, 0.6) is 5.88 Å². The number of methoxy groups -OCH3 is 2. The summed E-state index contributed by atoms with van der Waals surface area (Å²) in [5.74, 6) is 0.970. The first-order chi connectivity index (χ1) is 8.65. The Kier molecular flexibility index (Phi) is 5.93. The first-order valence-electron chi connectivity index (χ1n) is 5.70. The second-order valence-corrected chi connectivity index (χ2v) is 3.91. The molecule has 0 aliphatic rings. The molecule has 0 spiro atoms. The minimum atomic E-state index is 0.130. The maximum absolute atomic E-state index is 5.76. The van der Waals surface area contributed by atoms with Gasteiger partial charge in [0.1, 0.15) is 0 Å². The molecule has 0 bridgehead atoms. The summed E-state index contributed by atoms with van der Waals surface area (Å²) in [5.41, 5.74) is 6.75. The number of rotatable bonds is 6. The quantitative estimate of drug-likeness (QED) is 0.570. The summed E-state index contributed by atoms with van der Waals surface area (Å²) in [4.78, 5) is 8.26. The number of nitrogens with one attached hydrogen (secondary N) is 1. The van der Waals surface area contributed by atoms with Crippen LogP contribution < -0.4 is 15.8 Å². The highest BCUT2D eigenvalue weighted by molar-refractivity contribution is 5.78. The van der Waals surface area contributed by atoms with E-state index in [1.54, 1.807) is 20.4 Å². The van der Waals surface area contributed by atoms with Crippen molar-refractivity contribution in [2.75, 3.05) is 20.8 Å². The SMILES string of the molecule is COCC(C)NC(N)=NCc1ccnc(OC)c1. The van der Waals surface area contributed by atoms with Gasteiger partial charge in [0.15, 0.2) is 5.96 Å². The lowest BCUT2D eigenvalue weighted by Gasteiger charge is -2.13. The molecular weight excluding hydrogens is 232 g/mol. The minimum Gasteiger partial charge on any atom is -0.481 e. The van der Waals surface area contributed by atoms with Gasteiger partial charge in [-0.3, -0.25) is 0 Å². The molecule has 0 aliphatic carbocycles. The van der Waals surface area contributed by atoms with Gasteiger partial charge in [0.2, 0.25) is 5.88 Å². The molecule has 0 amide bonds. The van der Waals surface area contributed by atoms with Gasteiger partial charge >= 0.3 is 0 Å². The fraction of sp³-hybridized carbons (Fsp3) is 0.500. The van der Waals surface area contributed by atoms with Gasteiger partial charge in [0.25, 0.3) is 0 Å². The van der Waals surface area contributed by atoms with Gasteiger partial charge in [0, 0.05) is 25.4 Å². The molecular formula is C12H20N4O2. The van der Waals surface area contributed by atoms with E-state index in [0.717, 1.165) is 5.56 Å². The Hall–Kier alpha value is -1.82. The van der Waals surface area contributed by atoms with Crippen molar-refractivity contribution < 1.29 is 9.47 Å². The number of aliphatic imine (C=N–C) groups is 1. The summed E-state index contributed by atoms with van der Waals surface area (Å²) in [7, 11) is 3.23. The van der Waals surface area contributed by atoms with Crippen LogP contribution in [0, 0.1) is 0 Å². The van der Waals surface area contributed by atoms with Crippen molar-refractivity contribution in [1.29, 1.82) is 0 Å². The number of hydrogen-bond acceptors (Lipinski definition) is 4. The third-order valence-corrected chi connectivity index (χ3v) is 2.25. The van der Waals surface area contributed by atoms with Crippen molar-refractivity contribution in [3.63, 3.8) is 0 Å². The molecule has 18 heavy (non-hydrogen) atoms. The Bertz CT molecular complexity index is 395. The highest BCUT2D eigenvalue weighted by atomic mass is 16.5. The molecule has 1 aromatic rings. The van der Waals surface area contributed by atoms with Crippen molar-refractivity contribution in [2.24, 2.45) is 10.7 Å². The molecule has 0 saturated carbocycles. The predicted molar refractivity (Wildman–Crippen MR) is 70.6 cm³/mol. The van der Waals surface area contributed by atoms with Crippen LogP contribution in [-0.4, -0.2) is 37.8 Å². The summed E-state index contributed by atoms with van der Waals surface area (Å²) in [6.07, 6.45) is 1.68. The minimum absolute atomic E-state index is 0.130. The Balaban J connectivity index is 2.51. The predicted octanol–water partition coefficient (Wildman–Crippen LogP) is 0.529. The zero-order valence-corrected chi connectivity index (χ0v) is 11.0. The van der Waals surface area contributed by atoms with Crippen molar-refractivity contribution in [1.82, 2.24) is 10.3 Å². The lowest BCUT2D eigenvalue weighted by atomic mass is 10.3. The third kappa shape index (κ3) is 5.01. The van der Waals surface area contributed by atoms with E-state index in [9.17, 15) is 0 Å². The van der Waals surface area contributed by atoms with Crippen molar-refractivity contribution in [2.45, 2.75) is 19.5 Å². The van der Waals surface area contributed by atoms with Crippen LogP contribution in [-0.2, 0) is 11.3 Å². The molecule has 0 aromatic carbocycles. The molecule has 1 aromatic heterocycles. The third-order valence-electron chi connectivity index (χ3n) is 2.25. The topological polar surface area (TPSA) is 81.8 Å². The standard InChI is InChI=1S/C12H20N4O2/c1-9(8-17-2)16-12(13)15-7-10-4-5-14-11(6-10)18-3/h4-6,9H,7-8H2,1-3H3,(H3,13,15,16). The summed E-state index contributed by atoms with van der Waals surface area (Å²) in [6.45, 7) is 3.04. The lowest BCUT2D eigenvalue weighted by Crippen LogP contribution is -2.40. The zero-order chi connectivity index (χ0) is 13.4. The molecule has 1 heterocycles. The van der Waals surface area contributed by atoms with E-state index in [1.807, 2.05) is 19.1 Å². The van der Waals surface area contributed by atoms with Crippen LogP contribution in [0.4, 0.5) is 0 Å². The highest BCUT2D eigenvalue weighted by Gasteiger charge is 2.01. The van der Waals surface area contributed by atoms with Crippen LogP contribution in [0.15, 0.2) is 23.3 Å². The molecule has 1 rings (SSSR count). The number of nitrogens with two attached hydrogens (primary N) is 1. The Morgan fingerprint density at radius 1 is 1.56 bits per heavy atom. The number of pyridine rings is 1. The summed E-state index contributed by atoms with van der Waals surface area (Å²) >= 11 is 0. The second-order valence-electron chi connectivity index (χ2n) is 3.91. The van der Waals surface area contributed by atoms with Gasteiger partial charge in [0.05, 0.1) is 20.3 Å². The van der Waals surface area contributed by atoms with Crippen LogP contribution in [0.1, 0.15) is 12.5 Å². The first kappa shape index (κ1) is 14.2.